The maximum absolute atomic E-state index is 11.7. The minimum absolute atomic E-state index is 0.167. The van der Waals surface area contributed by atoms with Crippen LogP contribution in [0.5, 0.6) is 0 Å². The molecule has 174 valence electrons. The van der Waals surface area contributed by atoms with Crippen molar-refractivity contribution in [2.45, 2.75) is 46.3 Å². The first-order valence-corrected chi connectivity index (χ1v) is 12.6. The summed E-state index contributed by atoms with van der Waals surface area (Å²) in [6.45, 7) is 7.81. The highest BCUT2D eigenvalue weighted by Gasteiger charge is 2.32. The highest BCUT2D eigenvalue weighted by atomic mass is 32.1. The molecule has 1 aromatic carbocycles. The van der Waals surface area contributed by atoms with E-state index in [4.69, 9.17) is 4.99 Å². The number of aliphatic hydroxyl groups is 1. The molecule has 1 aliphatic rings. The normalized spacial score (nSPS) is 15.9. The van der Waals surface area contributed by atoms with Gasteiger partial charge in [0.2, 0.25) is 0 Å². The Balaban J connectivity index is 1.68. The van der Waals surface area contributed by atoms with Crippen LogP contribution in [-0.2, 0) is 4.79 Å². The quantitative estimate of drug-likeness (QED) is 0.388. The third kappa shape index (κ3) is 3.70. The van der Waals surface area contributed by atoms with Crippen molar-refractivity contribution in [2.75, 3.05) is 0 Å². The molecular formula is C25H24N4O3S2. The van der Waals surface area contributed by atoms with E-state index < -0.39 is 18.1 Å². The highest BCUT2D eigenvalue weighted by molar-refractivity contribution is 7.15. The minimum Gasteiger partial charge on any atom is -0.481 e. The second kappa shape index (κ2) is 8.57. The Morgan fingerprint density at radius 1 is 1.12 bits per heavy atom. The average molecular weight is 493 g/mol. The Hall–Kier alpha value is -3.14. The van der Waals surface area contributed by atoms with Gasteiger partial charge in [0.15, 0.2) is 5.82 Å². The molecule has 0 saturated carbocycles. The van der Waals surface area contributed by atoms with E-state index in [1.165, 1.54) is 4.88 Å². The summed E-state index contributed by atoms with van der Waals surface area (Å²) >= 11 is 3.19. The number of carbonyl (C=O) groups is 1. The molecule has 34 heavy (non-hydrogen) atoms. The smallest absolute Gasteiger partial charge is 0.306 e. The summed E-state index contributed by atoms with van der Waals surface area (Å²) in [5, 5.41) is 31.2. The maximum atomic E-state index is 11.7. The molecule has 4 heterocycles. The lowest BCUT2D eigenvalue weighted by atomic mass is 9.97. The monoisotopic (exact) mass is 492 g/mol. The number of nitrogens with zero attached hydrogens (tertiary/aromatic N) is 4. The molecule has 0 bridgehead atoms. The van der Waals surface area contributed by atoms with E-state index in [2.05, 4.69) is 24.0 Å². The molecular weight excluding hydrogens is 468 g/mol. The lowest BCUT2D eigenvalue weighted by Gasteiger charge is -2.12. The van der Waals surface area contributed by atoms with Crippen molar-refractivity contribution in [3.05, 3.63) is 73.8 Å². The maximum Gasteiger partial charge on any atom is 0.306 e. The van der Waals surface area contributed by atoms with Crippen molar-refractivity contribution < 1.29 is 15.0 Å². The molecule has 4 aromatic rings. The van der Waals surface area contributed by atoms with Gasteiger partial charge in [0, 0.05) is 20.9 Å². The van der Waals surface area contributed by atoms with Crippen molar-refractivity contribution in [3.8, 4) is 16.1 Å². The number of aliphatic imine (C=N–C) groups is 1. The van der Waals surface area contributed by atoms with Crippen LogP contribution in [-0.4, -0.2) is 36.7 Å². The molecule has 0 radical (unpaired) electrons. The van der Waals surface area contributed by atoms with Gasteiger partial charge in [-0.05, 0) is 55.8 Å². The molecule has 2 N–H and O–H groups in total. The zero-order valence-electron chi connectivity index (χ0n) is 19.2. The van der Waals surface area contributed by atoms with Gasteiger partial charge in [0.1, 0.15) is 16.9 Å². The van der Waals surface area contributed by atoms with Crippen LogP contribution < -0.4 is 0 Å². The van der Waals surface area contributed by atoms with Gasteiger partial charge in [-0.15, -0.1) is 32.9 Å². The van der Waals surface area contributed by atoms with E-state index in [0.717, 1.165) is 43.4 Å². The topological polar surface area (TPSA) is 101 Å². The summed E-state index contributed by atoms with van der Waals surface area (Å²) < 4.78 is 1.96. The Morgan fingerprint density at radius 2 is 1.82 bits per heavy atom. The van der Waals surface area contributed by atoms with Crippen LogP contribution in [0, 0.1) is 20.8 Å². The molecule has 9 heteroatoms. The number of benzene rings is 1. The van der Waals surface area contributed by atoms with Crippen LogP contribution in [0.3, 0.4) is 0 Å². The predicted molar refractivity (Wildman–Crippen MR) is 134 cm³/mol. The fourth-order valence-electron chi connectivity index (χ4n) is 4.38. The van der Waals surface area contributed by atoms with Gasteiger partial charge in [-0.3, -0.25) is 14.4 Å². The Kier molecular flexibility index (Phi) is 5.71. The first kappa shape index (κ1) is 22.6. The molecule has 1 aliphatic heterocycles. The first-order chi connectivity index (χ1) is 16.3. The van der Waals surface area contributed by atoms with Crippen LogP contribution >= 0.6 is 22.7 Å². The van der Waals surface area contributed by atoms with Gasteiger partial charge in [-0.25, -0.2) is 0 Å². The molecule has 3 aromatic heterocycles. The number of rotatable bonds is 5. The molecule has 2 atom stereocenters. The van der Waals surface area contributed by atoms with Crippen LogP contribution in [0.25, 0.3) is 16.1 Å². The van der Waals surface area contributed by atoms with Gasteiger partial charge in [0.05, 0.1) is 18.2 Å². The zero-order valence-corrected chi connectivity index (χ0v) is 20.9. The number of aromatic nitrogens is 3. The summed E-state index contributed by atoms with van der Waals surface area (Å²) in [7, 11) is 0. The summed E-state index contributed by atoms with van der Waals surface area (Å²) in [6, 6.07) is 9.47. The fraction of sp³-hybridized carbons (Fsp3) is 0.280. The SMILES string of the molecule is Cc1sc2c(c1C)C(c1ccc(-c3ccsc3[C@H](C)O)cc1)=NC(CC(=O)O)c1nnc(C)n1-2. The number of aliphatic hydroxyl groups excluding tert-OH is 1. The fourth-order valence-corrected chi connectivity index (χ4v) is 6.46. The Labute approximate surface area is 205 Å². The highest BCUT2D eigenvalue weighted by Crippen LogP contribution is 2.40. The molecule has 0 amide bonds. The average Bonchev–Trinajstić information content (AvgIpc) is 3.48. The van der Waals surface area contributed by atoms with E-state index in [1.807, 2.05) is 47.2 Å². The van der Waals surface area contributed by atoms with Crippen molar-refractivity contribution >= 4 is 34.4 Å². The van der Waals surface area contributed by atoms with Crippen LogP contribution in [0.2, 0.25) is 0 Å². The molecule has 0 fully saturated rings. The van der Waals surface area contributed by atoms with Crippen molar-refractivity contribution in [2.24, 2.45) is 4.99 Å². The number of aryl methyl sites for hydroxylation is 2. The van der Waals surface area contributed by atoms with Gasteiger partial charge < -0.3 is 10.2 Å². The molecule has 7 nitrogen and oxygen atoms in total. The van der Waals surface area contributed by atoms with Crippen LogP contribution in [0.1, 0.15) is 63.6 Å². The summed E-state index contributed by atoms with van der Waals surface area (Å²) in [5.41, 5.74) is 5.82. The summed E-state index contributed by atoms with van der Waals surface area (Å²) in [4.78, 5) is 18.8. The molecule has 0 aliphatic carbocycles. The van der Waals surface area contributed by atoms with Crippen LogP contribution in [0.4, 0.5) is 0 Å². The number of hydrogen-bond donors (Lipinski definition) is 2. The number of thiophene rings is 2. The first-order valence-electron chi connectivity index (χ1n) is 10.9. The van der Waals surface area contributed by atoms with E-state index in [1.54, 1.807) is 29.6 Å². The predicted octanol–water partition coefficient (Wildman–Crippen LogP) is 5.40. The lowest BCUT2D eigenvalue weighted by Crippen LogP contribution is -2.10. The minimum atomic E-state index is -0.933. The van der Waals surface area contributed by atoms with Gasteiger partial charge in [0.25, 0.3) is 0 Å². The van der Waals surface area contributed by atoms with Crippen molar-refractivity contribution in [1.29, 1.82) is 0 Å². The van der Waals surface area contributed by atoms with E-state index in [-0.39, 0.29) is 6.42 Å². The van der Waals surface area contributed by atoms with E-state index in [9.17, 15) is 15.0 Å². The number of hydrogen-bond acceptors (Lipinski definition) is 7. The number of fused-ring (bicyclic) bond motifs is 3. The third-order valence-corrected chi connectivity index (χ3v) is 8.43. The molecule has 0 saturated heterocycles. The molecule has 1 unspecified atom stereocenters. The largest absolute Gasteiger partial charge is 0.481 e. The molecule has 0 spiro atoms. The standard InChI is InChI=1S/C25H24N4O3S2/c1-12-14(3)34-25-21(12)22(26-19(11-20(31)32)24-28-27-15(4)29(24)25)17-7-5-16(6-8-17)18-9-10-33-23(18)13(2)30/h5-10,13,19,30H,11H2,1-4H3,(H,31,32)/t13-,19?/m0/s1. The van der Waals surface area contributed by atoms with Crippen LogP contribution in [0.15, 0.2) is 40.7 Å². The second-order valence-electron chi connectivity index (χ2n) is 8.45. The summed E-state index contributed by atoms with van der Waals surface area (Å²) in [5.74, 6) is 0.327. The van der Waals surface area contributed by atoms with Gasteiger partial charge in [-0.1, -0.05) is 24.3 Å². The van der Waals surface area contributed by atoms with Crippen molar-refractivity contribution in [1.82, 2.24) is 14.8 Å². The van der Waals surface area contributed by atoms with E-state index in [0.29, 0.717) is 11.6 Å². The Morgan fingerprint density at radius 3 is 2.50 bits per heavy atom. The second-order valence-corrected chi connectivity index (χ2v) is 10.6. The van der Waals surface area contributed by atoms with Gasteiger partial charge >= 0.3 is 5.97 Å². The Bertz CT molecular complexity index is 1430. The van der Waals surface area contributed by atoms with Crippen molar-refractivity contribution in [3.63, 3.8) is 0 Å². The number of carboxylic acids is 1. The molecule has 5 rings (SSSR count). The number of aliphatic carboxylic acids is 1. The van der Waals surface area contributed by atoms with Gasteiger partial charge in [-0.2, -0.15) is 0 Å². The number of carboxylic acid groups (broad SMARTS) is 1. The zero-order chi connectivity index (χ0) is 24.1. The summed E-state index contributed by atoms with van der Waals surface area (Å²) in [6.07, 6.45) is -0.699. The van der Waals surface area contributed by atoms with E-state index >= 15 is 0 Å². The third-order valence-electron chi connectivity index (χ3n) is 6.15. The lowest BCUT2D eigenvalue weighted by molar-refractivity contribution is -0.137.